The molecule has 0 amide bonds. The predicted octanol–water partition coefficient (Wildman–Crippen LogP) is 3.70. The number of benzene rings is 1. The maximum atomic E-state index is 13.8. The molecule has 0 radical (unpaired) electrons. The highest BCUT2D eigenvalue weighted by atomic mass is 32.1. The second-order valence-corrected chi connectivity index (χ2v) is 4.47. The SMILES string of the molecule is Cc1ccc(F)c(-c2cc(C(=O)O)cs2)c1F. The zero-order valence-corrected chi connectivity index (χ0v) is 9.65. The Bertz CT molecular complexity index is 590. The van der Waals surface area contributed by atoms with Gasteiger partial charge in [0.05, 0.1) is 11.1 Å². The molecule has 0 aliphatic heterocycles. The number of aromatic carboxylic acids is 1. The van der Waals surface area contributed by atoms with Crippen molar-refractivity contribution >= 4 is 17.3 Å². The normalized spacial score (nSPS) is 10.5. The Morgan fingerprint density at radius 2 is 2.06 bits per heavy atom. The fraction of sp³-hybridized carbons (Fsp3) is 0.0833. The smallest absolute Gasteiger partial charge is 0.336 e. The quantitative estimate of drug-likeness (QED) is 0.887. The number of aryl methyl sites for hydroxylation is 1. The average molecular weight is 254 g/mol. The molecule has 0 saturated heterocycles. The Balaban J connectivity index is 2.60. The molecule has 1 aromatic carbocycles. The van der Waals surface area contributed by atoms with Crippen LogP contribution in [0.2, 0.25) is 0 Å². The van der Waals surface area contributed by atoms with Crippen LogP contribution in [0.15, 0.2) is 23.6 Å². The minimum atomic E-state index is -1.11. The Kier molecular flexibility index (Phi) is 2.93. The molecular weight excluding hydrogens is 246 g/mol. The molecule has 0 bridgehead atoms. The number of carbonyl (C=O) groups is 1. The van der Waals surface area contributed by atoms with E-state index in [4.69, 9.17) is 5.11 Å². The van der Waals surface area contributed by atoms with E-state index in [1.165, 1.54) is 30.5 Å². The summed E-state index contributed by atoms with van der Waals surface area (Å²) in [4.78, 5) is 11.0. The number of rotatable bonds is 2. The van der Waals surface area contributed by atoms with E-state index < -0.39 is 17.6 Å². The van der Waals surface area contributed by atoms with Crippen LogP contribution in [-0.4, -0.2) is 11.1 Å². The summed E-state index contributed by atoms with van der Waals surface area (Å²) in [6.07, 6.45) is 0. The summed E-state index contributed by atoms with van der Waals surface area (Å²) >= 11 is 1.01. The molecule has 1 N–H and O–H groups in total. The van der Waals surface area contributed by atoms with Gasteiger partial charge in [0.2, 0.25) is 0 Å². The van der Waals surface area contributed by atoms with Crippen LogP contribution in [0.1, 0.15) is 15.9 Å². The van der Waals surface area contributed by atoms with Crippen molar-refractivity contribution in [1.29, 1.82) is 0 Å². The van der Waals surface area contributed by atoms with Gasteiger partial charge in [-0.05, 0) is 24.6 Å². The lowest BCUT2D eigenvalue weighted by atomic mass is 10.1. The summed E-state index contributed by atoms with van der Waals surface area (Å²) in [5, 5.41) is 10.1. The van der Waals surface area contributed by atoms with Crippen molar-refractivity contribution in [1.82, 2.24) is 0 Å². The van der Waals surface area contributed by atoms with Gasteiger partial charge in [0.25, 0.3) is 0 Å². The van der Waals surface area contributed by atoms with Crippen LogP contribution in [0.3, 0.4) is 0 Å². The summed E-state index contributed by atoms with van der Waals surface area (Å²) in [5.41, 5.74) is 0.194. The molecule has 5 heteroatoms. The summed E-state index contributed by atoms with van der Waals surface area (Å²) in [7, 11) is 0. The van der Waals surface area contributed by atoms with Crippen LogP contribution in [-0.2, 0) is 0 Å². The summed E-state index contributed by atoms with van der Waals surface area (Å²) in [5.74, 6) is -2.45. The minimum absolute atomic E-state index is 0.0327. The molecule has 0 unspecified atom stereocenters. The highest BCUT2D eigenvalue weighted by Gasteiger charge is 2.16. The van der Waals surface area contributed by atoms with E-state index in [1.807, 2.05) is 0 Å². The fourth-order valence-corrected chi connectivity index (χ4v) is 2.38. The minimum Gasteiger partial charge on any atom is -0.478 e. The lowest BCUT2D eigenvalue weighted by Crippen LogP contribution is -1.93. The van der Waals surface area contributed by atoms with Gasteiger partial charge in [-0.2, -0.15) is 0 Å². The van der Waals surface area contributed by atoms with Gasteiger partial charge in [-0.3, -0.25) is 0 Å². The maximum absolute atomic E-state index is 13.8. The first kappa shape index (κ1) is 11.7. The molecule has 0 spiro atoms. The summed E-state index contributed by atoms with van der Waals surface area (Å²) in [6.45, 7) is 1.53. The Labute approximate surface area is 100 Å². The number of carboxylic acids is 1. The molecule has 0 aliphatic rings. The molecular formula is C12H8F2O2S. The van der Waals surface area contributed by atoms with Gasteiger partial charge in [0.15, 0.2) is 0 Å². The molecule has 2 aromatic rings. The highest BCUT2D eigenvalue weighted by molar-refractivity contribution is 7.13. The van der Waals surface area contributed by atoms with Crippen LogP contribution < -0.4 is 0 Å². The molecule has 2 rings (SSSR count). The number of carboxylic acid groups (broad SMARTS) is 1. The number of halogens is 2. The van der Waals surface area contributed by atoms with E-state index in [2.05, 4.69) is 0 Å². The Morgan fingerprint density at radius 1 is 1.35 bits per heavy atom. The van der Waals surface area contributed by atoms with Crippen molar-refractivity contribution in [3.63, 3.8) is 0 Å². The summed E-state index contributed by atoms with van der Waals surface area (Å²) < 4.78 is 27.3. The average Bonchev–Trinajstić information content (AvgIpc) is 2.73. The molecule has 0 saturated carbocycles. The standard InChI is InChI=1S/C12H8F2O2S/c1-6-2-3-8(13)10(11(6)14)9-4-7(5-17-9)12(15)16/h2-5H,1H3,(H,15,16). The lowest BCUT2D eigenvalue weighted by molar-refractivity contribution is 0.0697. The van der Waals surface area contributed by atoms with Gasteiger partial charge in [-0.25, -0.2) is 13.6 Å². The van der Waals surface area contributed by atoms with Gasteiger partial charge in [-0.1, -0.05) is 6.07 Å². The Morgan fingerprint density at radius 3 is 2.65 bits per heavy atom. The van der Waals surface area contributed by atoms with E-state index >= 15 is 0 Å². The third-order valence-electron chi connectivity index (χ3n) is 2.38. The third-order valence-corrected chi connectivity index (χ3v) is 3.32. The third kappa shape index (κ3) is 2.06. The van der Waals surface area contributed by atoms with Gasteiger partial charge >= 0.3 is 5.97 Å². The molecule has 1 heterocycles. The van der Waals surface area contributed by atoms with E-state index in [0.717, 1.165) is 11.3 Å². The zero-order chi connectivity index (χ0) is 12.6. The van der Waals surface area contributed by atoms with Crippen molar-refractivity contribution in [2.75, 3.05) is 0 Å². The van der Waals surface area contributed by atoms with E-state index in [1.54, 1.807) is 0 Å². The first-order valence-corrected chi connectivity index (χ1v) is 5.65. The van der Waals surface area contributed by atoms with Crippen molar-refractivity contribution < 1.29 is 18.7 Å². The molecule has 88 valence electrons. The van der Waals surface area contributed by atoms with Gasteiger partial charge in [0.1, 0.15) is 11.6 Å². The number of hydrogen-bond acceptors (Lipinski definition) is 2. The molecule has 0 aliphatic carbocycles. The summed E-state index contributed by atoms with van der Waals surface area (Å²) in [6, 6.07) is 3.79. The number of hydrogen-bond donors (Lipinski definition) is 1. The number of thiophene rings is 1. The van der Waals surface area contributed by atoms with Gasteiger partial charge in [0, 0.05) is 10.3 Å². The second kappa shape index (κ2) is 4.25. The molecule has 17 heavy (non-hydrogen) atoms. The maximum Gasteiger partial charge on any atom is 0.336 e. The van der Waals surface area contributed by atoms with Crippen molar-refractivity contribution in [2.24, 2.45) is 0 Å². The molecule has 0 atom stereocenters. The van der Waals surface area contributed by atoms with Crippen LogP contribution in [0, 0.1) is 18.6 Å². The van der Waals surface area contributed by atoms with E-state index in [-0.39, 0.29) is 16.0 Å². The van der Waals surface area contributed by atoms with E-state index in [0.29, 0.717) is 5.56 Å². The van der Waals surface area contributed by atoms with E-state index in [9.17, 15) is 13.6 Å². The monoisotopic (exact) mass is 254 g/mol. The van der Waals surface area contributed by atoms with Crippen LogP contribution in [0.5, 0.6) is 0 Å². The zero-order valence-electron chi connectivity index (χ0n) is 8.83. The first-order valence-electron chi connectivity index (χ1n) is 4.77. The highest BCUT2D eigenvalue weighted by Crippen LogP contribution is 2.32. The fourth-order valence-electron chi connectivity index (χ4n) is 1.46. The topological polar surface area (TPSA) is 37.3 Å². The predicted molar refractivity (Wildman–Crippen MR) is 61.4 cm³/mol. The largest absolute Gasteiger partial charge is 0.478 e. The van der Waals surface area contributed by atoms with Crippen molar-refractivity contribution in [2.45, 2.75) is 6.92 Å². The first-order chi connectivity index (χ1) is 8.00. The molecule has 2 nitrogen and oxygen atoms in total. The van der Waals surface area contributed by atoms with Gasteiger partial charge < -0.3 is 5.11 Å². The van der Waals surface area contributed by atoms with Crippen molar-refractivity contribution in [3.8, 4) is 10.4 Å². The molecule has 1 aromatic heterocycles. The second-order valence-electron chi connectivity index (χ2n) is 3.56. The van der Waals surface area contributed by atoms with Crippen LogP contribution >= 0.6 is 11.3 Å². The Hall–Kier alpha value is -1.75. The lowest BCUT2D eigenvalue weighted by Gasteiger charge is -2.04. The van der Waals surface area contributed by atoms with Crippen molar-refractivity contribution in [3.05, 3.63) is 46.3 Å². The van der Waals surface area contributed by atoms with Crippen LogP contribution in [0.4, 0.5) is 8.78 Å². The van der Waals surface area contributed by atoms with Gasteiger partial charge in [-0.15, -0.1) is 11.3 Å². The van der Waals surface area contributed by atoms with Crippen LogP contribution in [0.25, 0.3) is 10.4 Å². The molecule has 0 fully saturated rings.